The first-order chi connectivity index (χ1) is 7.07. The van der Waals surface area contributed by atoms with Crippen LogP contribution in [0.4, 0.5) is 0 Å². The molecule has 1 aromatic carbocycles. The topological polar surface area (TPSA) is 12.0 Å². The number of hydrogen-bond donors (Lipinski definition) is 1. The van der Waals surface area contributed by atoms with Gasteiger partial charge in [-0.1, -0.05) is 0 Å². The molecule has 0 aliphatic carbocycles. The predicted molar refractivity (Wildman–Crippen MR) is 68.9 cm³/mol. The Hall–Kier alpha value is -0.0213. The second-order valence-corrected chi connectivity index (χ2v) is 21.5. The van der Waals surface area contributed by atoms with E-state index in [1.54, 1.807) is 5.56 Å². The van der Waals surface area contributed by atoms with E-state index in [1.165, 1.54) is 18.5 Å². The van der Waals surface area contributed by atoms with Crippen LogP contribution in [0.25, 0.3) is 0 Å². The van der Waals surface area contributed by atoms with Crippen molar-refractivity contribution >= 4 is 18.4 Å². The first-order valence-corrected chi connectivity index (χ1v) is 16.1. The Morgan fingerprint density at radius 3 is 2.47 bits per heavy atom. The van der Waals surface area contributed by atoms with Crippen molar-refractivity contribution in [2.75, 3.05) is 6.54 Å². The van der Waals surface area contributed by atoms with Gasteiger partial charge in [0.2, 0.25) is 0 Å². The summed E-state index contributed by atoms with van der Waals surface area (Å²) in [4.78, 5) is 7.65. The van der Waals surface area contributed by atoms with Crippen LogP contribution in [0.3, 0.4) is 0 Å². The van der Waals surface area contributed by atoms with Crippen molar-refractivity contribution in [1.29, 1.82) is 0 Å². The van der Waals surface area contributed by atoms with Gasteiger partial charge in [0.1, 0.15) is 0 Å². The monoisotopic (exact) mass is 311 g/mol. The molecule has 82 valence electrons. The molecule has 0 radical (unpaired) electrons. The van der Waals surface area contributed by atoms with E-state index in [0.29, 0.717) is 0 Å². The quantitative estimate of drug-likeness (QED) is 0.786. The van der Waals surface area contributed by atoms with Crippen molar-refractivity contribution in [3.05, 3.63) is 35.4 Å². The van der Waals surface area contributed by atoms with Gasteiger partial charge in [0.25, 0.3) is 0 Å². The van der Waals surface area contributed by atoms with E-state index < -0.39 is 18.4 Å². The molecule has 1 unspecified atom stereocenters. The number of hydrogen-bond acceptors (Lipinski definition) is 1. The Labute approximate surface area is 97.1 Å². The number of nitrogens with one attached hydrogen (secondary N) is 1. The zero-order valence-corrected chi connectivity index (χ0v) is 12.9. The molecule has 1 nitrogen and oxygen atoms in total. The van der Waals surface area contributed by atoms with Crippen molar-refractivity contribution in [2.24, 2.45) is 0 Å². The molecule has 1 aliphatic heterocycles. The third-order valence-electron chi connectivity index (χ3n) is 3.52. The van der Waals surface area contributed by atoms with E-state index in [4.69, 9.17) is 0 Å². The summed E-state index contributed by atoms with van der Waals surface area (Å²) in [7, 11) is 0. The minimum absolute atomic E-state index is 0.947. The van der Waals surface area contributed by atoms with E-state index >= 15 is 0 Å². The van der Waals surface area contributed by atoms with Crippen molar-refractivity contribution < 1.29 is 0 Å². The van der Waals surface area contributed by atoms with Crippen molar-refractivity contribution in [3.8, 4) is 0 Å². The van der Waals surface area contributed by atoms with E-state index in [1.807, 2.05) is 0 Å². The van der Waals surface area contributed by atoms with Crippen LogP contribution in [0.1, 0.15) is 11.1 Å². The van der Waals surface area contributed by atoms with Crippen LogP contribution in [0.2, 0.25) is 18.8 Å². The van der Waals surface area contributed by atoms with E-state index in [0.717, 1.165) is 10.5 Å². The summed E-state index contributed by atoms with van der Waals surface area (Å²) in [6, 6.07) is 8.91. The van der Waals surface area contributed by atoms with Gasteiger partial charge in [0.05, 0.1) is 0 Å². The molecular formula is C13H21NSn. The van der Waals surface area contributed by atoms with Crippen molar-refractivity contribution in [2.45, 2.75) is 31.7 Å². The molecule has 1 aromatic rings. The van der Waals surface area contributed by atoms with Crippen LogP contribution in [-0.4, -0.2) is 24.9 Å². The fourth-order valence-corrected chi connectivity index (χ4v) is 6.80. The summed E-state index contributed by atoms with van der Waals surface area (Å²) >= 11 is -1.74. The molecule has 0 spiro atoms. The molecule has 2 heteroatoms. The first kappa shape index (κ1) is 11.5. The average Bonchev–Trinajstić information content (AvgIpc) is 2.38. The summed E-state index contributed by atoms with van der Waals surface area (Å²) in [6.07, 6.45) is 1.31. The Morgan fingerprint density at radius 2 is 1.80 bits per heavy atom. The number of benzene rings is 1. The van der Waals surface area contributed by atoms with Gasteiger partial charge in [0, 0.05) is 0 Å². The molecule has 0 bridgehead atoms. The molecule has 0 saturated heterocycles. The molecule has 0 amide bonds. The van der Waals surface area contributed by atoms with Crippen LogP contribution >= 0.6 is 0 Å². The van der Waals surface area contributed by atoms with Gasteiger partial charge < -0.3 is 0 Å². The third-order valence-corrected chi connectivity index (χ3v) is 11.7. The maximum atomic E-state index is 3.61. The standard InChI is InChI=1S/C10H12N.3CH3.Sn/c1-2-5-10-8-11-7-3-6-9(10)4-1;;;;/h1-5,11H,6-8H2;3*1H3;. The molecule has 15 heavy (non-hydrogen) atoms. The van der Waals surface area contributed by atoms with E-state index in [9.17, 15) is 0 Å². The maximum absolute atomic E-state index is 3.61. The zero-order valence-electron chi connectivity index (χ0n) is 10.0. The second-order valence-electron chi connectivity index (χ2n) is 5.67. The Balaban J connectivity index is 2.25. The van der Waals surface area contributed by atoms with Gasteiger partial charge >= 0.3 is 97.3 Å². The SMILES string of the molecule is [CH3][Sn]([CH3])([CH3])[CH]1CNCc2ccccc2C1. The molecular weight excluding hydrogens is 289 g/mol. The van der Waals surface area contributed by atoms with Gasteiger partial charge in [-0.2, -0.15) is 0 Å². The summed E-state index contributed by atoms with van der Waals surface area (Å²) in [6.45, 7) is 2.29. The summed E-state index contributed by atoms with van der Waals surface area (Å²) in [5.41, 5.74) is 3.09. The predicted octanol–water partition coefficient (Wildman–Crippen LogP) is 3.04. The Morgan fingerprint density at radius 1 is 1.13 bits per heavy atom. The van der Waals surface area contributed by atoms with Crippen LogP contribution in [0, 0.1) is 0 Å². The molecule has 0 fully saturated rings. The molecule has 1 N–H and O–H groups in total. The van der Waals surface area contributed by atoms with E-state index in [2.05, 4.69) is 44.4 Å². The zero-order chi connectivity index (χ0) is 10.9. The fraction of sp³-hybridized carbons (Fsp3) is 0.538. The van der Waals surface area contributed by atoms with Gasteiger partial charge in [-0.15, -0.1) is 0 Å². The Bertz CT molecular complexity index is 341. The van der Waals surface area contributed by atoms with Crippen LogP contribution in [0.15, 0.2) is 24.3 Å². The fourth-order valence-electron chi connectivity index (χ4n) is 2.26. The molecule has 0 saturated carbocycles. The van der Waals surface area contributed by atoms with Crippen LogP contribution in [0.5, 0.6) is 0 Å². The van der Waals surface area contributed by atoms with E-state index in [-0.39, 0.29) is 0 Å². The van der Waals surface area contributed by atoms with Gasteiger partial charge in [-0.25, -0.2) is 0 Å². The molecule has 1 aliphatic rings. The third kappa shape index (κ3) is 2.76. The summed E-state index contributed by atoms with van der Waals surface area (Å²) in [5, 5.41) is 3.61. The number of fused-ring (bicyclic) bond motifs is 1. The van der Waals surface area contributed by atoms with Gasteiger partial charge in [0.15, 0.2) is 0 Å². The normalized spacial score (nSPS) is 21.9. The summed E-state index contributed by atoms with van der Waals surface area (Å²) < 4.78 is 0.947. The molecule has 1 atom stereocenters. The van der Waals surface area contributed by atoms with Crippen molar-refractivity contribution in [1.82, 2.24) is 5.32 Å². The van der Waals surface area contributed by atoms with Gasteiger partial charge in [-0.05, 0) is 0 Å². The molecule has 2 rings (SSSR count). The molecule has 0 aromatic heterocycles. The second kappa shape index (κ2) is 4.46. The van der Waals surface area contributed by atoms with Crippen molar-refractivity contribution in [3.63, 3.8) is 0 Å². The Kier molecular flexibility index (Phi) is 3.41. The number of rotatable bonds is 1. The van der Waals surface area contributed by atoms with Gasteiger partial charge in [-0.3, -0.25) is 0 Å². The van der Waals surface area contributed by atoms with Crippen LogP contribution in [-0.2, 0) is 13.0 Å². The summed E-state index contributed by atoms with van der Waals surface area (Å²) in [5.74, 6) is 0. The average molecular weight is 310 g/mol. The van der Waals surface area contributed by atoms with Crippen LogP contribution < -0.4 is 5.32 Å². The first-order valence-electron chi connectivity index (χ1n) is 5.85. The minimum atomic E-state index is -1.74. The molecule has 1 heterocycles.